The first-order valence-electron chi connectivity index (χ1n) is 4.93. The lowest BCUT2D eigenvalue weighted by Crippen LogP contribution is -2.08. The van der Waals surface area contributed by atoms with Crippen LogP contribution in [0.15, 0.2) is 22.7 Å². The summed E-state index contributed by atoms with van der Waals surface area (Å²) in [5, 5.41) is 12.2. The molecule has 0 aromatic heterocycles. The minimum absolute atomic E-state index is 0.324. The quantitative estimate of drug-likeness (QED) is 0.884. The first kappa shape index (κ1) is 10.5. The van der Waals surface area contributed by atoms with Crippen molar-refractivity contribution in [3.8, 4) is 0 Å². The Hall–Kier alpha value is -1.03. The maximum Gasteiger partial charge on any atom is 0.337 e. The van der Waals surface area contributed by atoms with Crippen molar-refractivity contribution in [1.29, 1.82) is 0 Å². The summed E-state index contributed by atoms with van der Waals surface area (Å²) in [7, 11) is 0. The van der Waals surface area contributed by atoms with Gasteiger partial charge in [-0.05, 0) is 37.0 Å². The predicted octanol–water partition coefficient (Wildman–Crippen LogP) is 2.97. The van der Waals surface area contributed by atoms with E-state index >= 15 is 0 Å². The van der Waals surface area contributed by atoms with E-state index in [-0.39, 0.29) is 0 Å². The van der Waals surface area contributed by atoms with Crippen LogP contribution in [0.2, 0.25) is 0 Å². The highest BCUT2D eigenvalue weighted by Crippen LogP contribution is 2.30. The van der Waals surface area contributed by atoms with Crippen LogP contribution >= 0.6 is 15.9 Å². The van der Waals surface area contributed by atoms with Crippen LogP contribution in [-0.2, 0) is 0 Å². The topological polar surface area (TPSA) is 49.3 Å². The van der Waals surface area contributed by atoms with Gasteiger partial charge >= 0.3 is 5.97 Å². The Labute approximate surface area is 96.6 Å². The van der Waals surface area contributed by atoms with Crippen molar-refractivity contribution in [1.82, 2.24) is 0 Å². The van der Waals surface area contributed by atoms with Gasteiger partial charge in [0.05, 0.1) is 5.56 Å². The molecule has 2 rings (SSSR count). The molecule has 1 aromatic carbocycles. The average Bonchev–Trinajstić information content (AvgIpc) is 2.99. The number of hydrogen-bond acceptors (Lipinski definition) is 2. The van der Waals surface area contributed by atoms with Crippen molar-refractivity contribution >= 4 is 27.6 Å². The third-order valence-electron chi connectivity index (χ3n) is 2.49. The molecule has 0 spiro atoms. The van der Waals surface area contributed by atoms with Crippen LogP contribution in [0.4, 0.5) is 5.69 Å². The smallest absolute Gasteiger partial charge is 0.337 e. The molecular weight excluding hydrogens is 258 g/mol. The average molecular weight is 270 g/mol. The van der Waals surface area contributed by atoms with Crippen LogP contribution < -0.4 is 5.32 Å². The SMILES string of the molecule is O=C(O)c1cc(Br)ccc1NCC1CC1. The van der Waals surface area contributed by atoms with Gasteiger partial charge in [-0.1, -0.05) is 15.9 Å². The second-order valence-electron chi connectivity index (χ2n) is 3.82. The molecule has 0 amide bonds. The summed E-state index contributed by atoms with van der Waals surface area (Å²) in [6, 6.07) is 5.27. The summed E-state index contributed by atoms with van der Waals surface area (Å²) < 4.78 is 0.789. The molecule has 1 saturated carbocycles. The van der Waals surface area contributed by atoms with Crippen molar-refractivity contribution in [2.24, 2.45) is 5.92 Å². The Morgan fingerprint density at radius 1 is 1.53 bits per heavy atom. The summed E-state index contributed by atoms with van der Waals surface area (Å²) in [6.45, 7) is 0.877. The molecule has 2 N–H and O–H groups in total. The van der Waals surface area contributed by atoms with Crippen molar-refractivity contribution in [3.05, 3.63) is 28.2 Å². The largest absolute Gasteiger partial charge is 0.478 e. The fraction of sp³-hybridized carbons (Fsp3) is 0.364. The summed E-state index contributed by atoms with van der Waals surface area (Å²) >= 11 is 3.27. The van der Waals surface area contributed by atoms with Crippen LogP contribution in [0.3, 0.4) is 0 Å². The summed E-state index contributed by atoms with van der Waals surface area (Å²) in [4.78, 5) is 11.0. The van der Waals surface area contributed by atoms with Gasteiger partial charge in [0.15, 0.2) is 0 Å². The van der Waals surface area contributed by atoms with Crippen LogP contribution in [0.25, 0.3) is 0 Å². The number of carbonyl (C=O) groups is 1. The lowest BCUT2D eigenvalue weighted by Gasteiger charge is -2.09. The number of halogens is 1. The van der Waals surface area contributed by atoms with Crippen molar-refractivity contribution in [2.45, 2.75) is 12.8 Å². The zero-order chi connectivity index (χ0) is 10.8. The van der Waals surface area contributed by atoms with E-state index in [2.05, 4.69) is 21.2 Å². The van der Waals surface area contributed by atoms with Gasteiger partial charge in [0.1, 0.15) is 0 Å². The van der Waals surface area contributed by atoms with E-state index < -0.39 is 5.97 Å². The van der Waals surface area contributed by atoms with E-state index in [0.717, 1.165) is 16.9 Å². The lowest BCUT2D eigenvalue weighted by atomic mass is 10.2. The summed E-state index contributed by atoms with van der Waals surface area (Å²) in [6.07, 6.45) is 2.51. The fourth-order valence-electron chi connectivity index (χ4n) is 1.42. The van der Waals surface area contributed by atoms with E-state index in [0.29, 0.717) is 11.3 Å². The molecule has 0 unspecified atom stereocenters. The highest BCUT2D eigenvalue weighted by Gasteiger charge is 2.21. The molecule has 80 valence electrons. The van der Waals surface area contributed by atoms with Gasteiger partial charge in [-0.3, -0.25) is 0 Å². The molecule has 1 fully saturated rings. The second kappa shape index (κ2) is 4.23. The van der Waals surface area contributed by atoms with E-state index in [1.54, 1.807) is 12.1 Å². The molecule has 0 radical (unpaired) electrons. The number of benzene rings is 1. The molecule has 1 aromatic rings. The molecule has 0 saturated heterocycles. The normalized spacial score (nSPS) is 15.0. The van der Waals surface area contributed by atoms with Gasteiger partial charge < -0.3 is 10.4 Å². The number of rotatable bonds is 4. The highest BCUT2D eigenvalue weighted by atomic mass is 79.9. The third-order valence-corrected chi connectivity index (χ3v) is 2.98. The Bertz CT molecular complexity index is 388. The fourth-order valence-corrected chi connectivity index (χ4v) is 1.78. The van der Waals surface area contributed by atoms with Gasteiger partial charge in [-0.2, -0.15) is 0 Å². The highest BCUT2D eigenvalue weighted by molar-refractivity contribution is 9.10. The minimum Gasteiger partial charge on any atom is -0.478 e. The second-order valence-corrected chi connectivity index (χ2v) is 4.74. The van der Waals surface area contributed by atoms with E-state index in [4.69, 9.17) is 5.11 Å². The molecular formula is C11H12BrNO2. The number of carboxylic acid groups (broad SMARTS) is 1. The maximum absolute atomic E-state index is 11.0. The Kier molecular flexibility index (Phi) is 2.95. The van der Waals surface area contributed by atoms with Gasteiger partial charge in [-0.15, -0.1) is 0 Å². The number of aromatic carboxylic acids is 1. The van der Waals surface area contributed by atoms with Gasteiger partial charge in [0.25, 0.3) is 0 Å². The summed E-state index contributed by atoms with van der Waals surface area (Å²) in [5.41, 5.74) is 1.03. The molecule has 0 aliphatic heterocycles. The van der Waals surface area contributed by atoms with Crippen LogP contribution in [0.1, 0.15) is 23.2 Å². The Balaban J connectivity index is 2.15. The first-order chi connectivity index (χ1) is 7.16. The monoisotopic (exact) mass is 269 g/mol. The molecule has 0 atom stereocenters. The molecule has 0 bridgehead atoms. The van der Waals surface area contributed by atoms with E-state index in [9.17, 15) is 4.79 Å². The lowest BCUT2D eigenvalue weighted by molar-refractivity contribution is 0.0698. The van der Waals surface area contributed by atoms with Gasteiger partial charge in [-0.25, -0.2) is 4.79 Å². The van der Waals surface area contributed by atoms with E-state index in [1.165, 1.54) is 12.8 Å². The zero-order valence-electron chi connectivity index (χ0n) is 8.16. The molecule has 1 aliphatic carbocycles. The zero-order valence-corrected chi connectivity index (χ0v) is 9.75. The summed E-state index contributed by atoms with van der Waals surface area (Å²) in [5.74, 6) is -0.162. The third kappa shape index (κ3) is 2.72. The van der Waals surface area contributed by atoms with Crippen molar-refractivity contribution in [2.75, 3.05) is 11.9 Å². The first-order valence-corrected chi connectivity index (χ1v) is 5.73. The number of nitrogens with one attached hydrogen (secondary N) is 1. The van der Waals surface area contributed by atoms with Crippen LogP contribution in [0.5, 0.6) is 0 Å². The maximum atomic E-state index is 11.0. The molecule has 0 heterocycles. The van der Waals surface area contributed by atoms with Crippen molar-refractivity contribution in [3.63, 3.8) is 0 Å². The molecule has 15 heavy (non-hydrogen) atoms. The Morgan fingerprint density at radius 2 is 2.27 bits per heavy atom. The number of hydrogen-bond donors (Lipinski definition) is 2. The number of carboxylic acids is 1. The van der Waals surface area contributed by atoms with Gasteiger partial charge in [0.2, 0.25) is 0 Å². The minimum atomic E-state index is -0.894. The predicted molar refractivity (Wildman–Crippen MR) is 62.3 cm³/mol. The van der Waals surface area contributed by atoms with E-state index in [1.807, 2.05) is 6.07 Å². The van der Waals surface area contributed by atoms with Crippen LogP contribution in [-0.4, -0.2) is 17.6 Å². The molecule has 1 aliphatic rings. The van der Waals surface area contributed by atoms with Crippen molar-refractivity contribution < 1.29 is 9.90 Å². The molecule has 3 nitrogen and oxygen atoms in total. The Morgan fingerprint density at radius 3 is 2.87 bits per heavy atom. The molecule has 4 heteroatoms. The standard InChI is InChI=1S/C11H12BrNO2/c12-8-3-4-10(9(5-8)11(14)15)13-6-7-1-2-7/h3-5,7,13H,1-2,6H2,(H,14,15). The van der Waals surface area contributed by atoms with Gasteiger partial charge in [0, 0.05) is 16.7 Å². The number of anilines is 1. The van der Waals surface area contributed by atoms with Crippen LogP contribution in [0, 0.1) is 5.92 Å².